The van der Waals surface area contributed by atoms with Crippen LogP contribution in [0.1, 0.15) is 0 Å². The molecular weight excluding hydrogens is 619 g/mol. The molecule has 236 valence electrons. The van der Waals surface area contributed by atoms with Gasteiger partial charge in [-0.25, -0.2) is 0 Å². The van der Waals surface area contributed by atoms with E-state index in [-0.39, 0.29) is 0 Å². The Bertz CT molecular complexity index is 3340. The molecule has 12 aromatic rings. The molecule has 0 fully saturated rings. The number of fused-ring (bicyclic) bond motifs is 13. The summed E-state index contributed by atoms with van der Waals surface area (Å²) in [6.07, 6.45) is 0. The Morgan fingerprint density at radius 2 is 0.863 bits per heavy atom. The fourth-order valence-electron chi connectivity index (χ4n) is 9.13. The molecule has 0 aliphatic heterocycles. The molecule has 12 rings (SSSR count). The monoisotopic (exact) mass is 647 g/mol. The van der Waals surface area contributed by atoms with Crippen molar-refractivity contribution in [2.75, 3.05) is 0 Å². The molecule has 3 nitrogen and oxygen atoms in total. The topological polar surface area (TPSA) is 14.3 Å². The standard InChI is InChI=1S/C48H29N3/c1-3-14-31(15-4-1)49-40-22-10-7-18-34(40)36-27-26-30(28-44(36)49)33-21-13-25-43-45(33)39-29-38-35-19-8-11-23-41(35)51-42-24-12-9-20-37(42)46(47(38)51)48(39)50(43)32-16-5-2-6-17-32/h1-29H. The fraction of sp³-hybridized carbons (Fsp3) is 0. The molecule has 3 heteroatoms. The Labute approximate surface area is 292 Å². The molecule has 8 aromatic carbocycles. The van der Waals surface area contributed by atoms with Gasteiger partial charge < -0.3 is 13.5 Å². The average Bonchev–Trinajstić information content (AvgIpc) is 3.92. The van der Waals surface area contributed by atoms with Crippen LogP contribution in [0, 0.1) is 0 Å². The molecule has 4 heterocycles. The summed E-state index contributed by atoms with van der Waals surface area (Å²) < 4.78 is 7.41. The van der Waals surface area contributed by atoms with E-state index in [0.29, 0.717) is 0 Å². The molecule has 51 heavy (non-hydrogen) atoms. The largest absolute Gasteiger partial charge is 0.309 e. The lowest BCUT2D eigenvalue weighted by molar-refractivity contribution is 1.18. The number of hydrogen-bond donors (Lipinski definition) is 0. The van der Waals surface area contributed by atoms with Crippen molar-refractivity contribution in [2.45, 2.75) is 0 Å². The molecule has 0 radical (unpaired) electrons. The summed E-state index contributed by atoms with van der Waals surface area (Å²) in [4.78, 5) is 0. The van der Waals surface area contributed by atoms with Crippen molar-refractivity contribution in [3.05, 3.63) is 176 Å². The van der Waals surface area contributed by atoms with E-state index < -0.39 is 0 Å². The van der Waals surface area contributed by atoms with Gasteiger partial charge in [-0.2, -0.15) is 0 Å². The quantitative estimate of drug-likeness (QED) is 0.181. The second-order valence-corrected chi connectivity index (χ2v) is 13.7. The third kappa shape index (κ3) is 3.47. The Balaban J connectivity index is 1.28. The number of aromatic nitrogens is 3. The molecule has 0 atom stereocenters. The van der Waals surface area contributed by atoms with E-state index in [2.05, 4.69) is 189 Å². The van der Waals surface area contributed by atoms with Gasteiger partial charge in [-0.15, -0.1) is 0 Å². The second-order valence-electron chi connectivity index (χ2n) is 13.7. The molecule has 0 aliphatic rings. The van der Waals surface area contributed by atoms with Crippen molar-refractivity contribution >= 4 is 81.7 Å². The number of para-hydroxylation sites is 5. The average molecular weight is 648 g/mol. The van der Waals surface area contributed by atoms with Crippen LogP contribution in [0.15, 0.2) is 176 Å². The van der Waals surface area contributed by atoms with Gasteiger partial charge in [0.25, 0.3) is 0 Å². The SMILES string of the molecule is c1ccc(-n2c3ccccc3c3ccc(-c4cccc5c4c4cc6c7ccccc7n7c8ccccc8c(c4n5-c4ccccc4)c67)cc32)cc1. The lowest BCUT2D eigenvalue weighted by Gasteiger charge is -2.10. The minimum atomic E-state index is 1.16. The zero-order valence-corrected chi connectivity index (χ0v) is 27.6. The maximum absolute atomic E-state index is 2.51. The Morgan fingerprint density at radius 1 is 0.294 bits per heavy atom. The second kappa shape index (κ2) is 9.87. The van der Waals surface area contributed by atoms with Crippen LogP contribution in [-0.4, -0.2) is 13.5 Å². The van der Waals surface area contributed by atoms with Gasteiger partial charge in [0, 0.05) is 54.5 Å². The predicted molar refractivity (Wildman–Crippen MR) is 215 cm³/mol. The van der Waals surface area contributed by atoms with E-state index in [9.17, 15) is 0 Å². The van der Waals surface area contributed by atoms with Gasteiger partial charge in [0.1, 0.15) is 0 Å². The van der Waals surface area contributed by atoms with Gasteiger partial charge >= 0.3 is 0 Å². The summed E-state index contributed by atoms with van der Waals surface area (Å²) in [6, 6.07) is 64.6. The Morgan fingerprint density at radius 3 is 1.61 bits per heavy atom. The minimum Gasteiger partial charge on any atom is -0.309 e. The van der Waals surface area contributed by atoms with Gasteiger partial charge in [0.2, 0.25) is 0 Å². The normalized spacial score (nSPS) is 12.3. The van der Waals surface area contributed by atoms with Crippen LogP contribution in [0.4, 0.5) is 0 Å². The van der Waals surface area contributed by atoms with Crippen LogP contribution in [0.25, 0.3) is 104 Å². The van der Waals surface area contributed by atoms with E-state index in [1.807, 2.05) is 0 Å². The molecule has 0 bridgehead atoms. The van der Waals surface area contributed by atoms with Crippen LogP contribution in [-0.2, 0) is 0 Å². The number of nitrogens with zero attached hydrogens (tertiary/aromatic N) is 3. The zero-order chi connectivity index (χ0) is 33.2. The van der Waals surface area contributed by atoms with Gasteiger partial charge in [-0.05, 0) is 71.8 Å². The van der Waals surface area contributed by atoms with Crippen molar-refractivity contribution in [1.82, 2.24) is 13.5 Å². The number of benzene rings is 8. The van der Waals surface area contributed by atoms with Gasteiger partial charge in [-0.3, -0.25) is 0 Å². The van der Waals surface area contributed by atoms with E-state index in [4.69, 9.17) is 0 Å². The number of hydrogen-bond acceptors (Lipinski definition) is 0. The van der Waals surface area contributed by atoms with E-state index >= 15 is 0 Å². The molecule has 0 saturated carbocycles. The fourth-order valence-corrected chi connectivity index (χ4v) is 9.13. The smallest absolute Gasteiger partial charge is 0.0642 e. The maximum Gasteiger partial charge on any atom is 0.0642 e. The maximum atomic E-state index is 2.51. The first-order valence-electron chi connectivity index (χ1n) is 17.6. The van der Waals surface area contributed by atoms with Crippen molar-refractivity contribution in [3.63, 3.8) is 0 Å². The van der Waals surface area contributed by atoms with Gasteiger partial charge in [0.15, 0.2) is 0 Å². The first-order chi connectivity index (χ1) is 25.3. The summed E-state index contributed by atoms with van der Waals surface area (Å²) in [7, 11) is 0. The van der Waals surface area contributed by atoms with Crippen LogP contribution >= 0.6 is 0 Å². The van der Waals surface area contributed by atoms with Gasteiger partial charge in [0.05, 0.1) is 38.6 Å². The summed E-state index contributed by atoms with van der Waals surface area (Å²) in [6.45, 7) is 0. The lowest BCUT2D eigenvalue weighted by Crippen LogP contribution is -1.94. The Hall–Kier alpha value is -6.84. The van der Waals surface area contributed by atoms with E-state index in [1.165, 1.54) is 98.5 Å². The highest BCUT2D eigenvalue weighted by atomic mass is 15.0. The highest BCUT2D eigenvalue weighted by molar-refractivity contribution is 6.35. The molecule has 0 spiro atoms. The summed E-state index contributed by atoms with van der Waals surface area (Å²) in [5.74, 6) is 0. The summed E-state index contributed by atoms with van der Waals surface area (Å²) >= 11 is 0. The molecule has 0 amide bonds. The molecular formula is C48H29N3. The van der Waals surface area contributed by atoms with Crippen molar-refractivity contribution in [1.29, 1.82) is 0 Å². The van der Waals surface area contributed by atoms with Gasteiger partial charge in [-0.1, -0.05) is 115 Å². The predicted octanol–water partition coefficient (Wildman–Crippen LogP) is 12.7. The molecule has 0 aliphatic carbocycles. The highest BCUT2D eigenvalue weighted by Crippen LogP contribution is 2.48. The highest BCUT2D eigenvalue weighted by Gasteiger charge is 2.25. The van der Waals surface area contributed by atoms with Crippen LogP contribution in [0.2, 0.25) is 0 Å². The summed E-state index contributed by atoms with van der Waals surface area (Å²) in [5.41, 5.74) is 13.5. The third-order valence-electron chi connectivity index (χ3n) is 11.1. The molecule has 0 unspecified atom stereocenters. The first kappa shape index (κ1) is 27.0. The van der Waals surface area contributed by atoms with Crippen LogP contribution < -0.4 is 0 Å². The molecule has 0 saturated heterocycles. The van der Waals surface area contributed by atoms with Crippen molar-refractivity contribution in [3.8, 4) is 22.5 Å². The third-order valence-corrected chi connectivity index (χ3v) is 11.1. The number of rotatable bonds is 3. The first-order valence-corrected chi connectivity index (χ1v) is 17.6. The Kier molecular flexibility index (Phi) is 5.23. The van der Waals surface area contributed by atoms with Crippen molar-refractivity contribution < 1.29 is 0 Å². The van der Waals surface area contributed by atoms with Crippen LogP contribution in [0.3, 0.4) is 0 Å². The molecule has 4 aromatic heterocycles. The van der Waals surface area contributed by atoms with Crippen LogP contribution in [0.5, 0.6) is 0 Å². The zero-order valence-electron chi connectivity index (χ0n) is 27.6. The van der Waals surface area contributed by atoms with E-state index in [1.54, 1.807) is 0 Å². The lowest BCUT2D eigenvalue weighted by atomic mass is 9.96. The van der Waals surface area contributed by atoms with Crippen molar-refractivity contribution in [2.24, 2.45) is 0 Å². The summed E-state index contributed by atoms with van der Waals surface area (Å²) in [5, 5.41) is 10.2. The van der Waals surface area contributed by atoms with E-state index in [0.717, 1.165) is 5.69 Å². The molecule has 0 N–H and O–H groups in total. The minimum absolute atomic E-state index is 1.16.